The molecule has 0 aliphatic carbocycles. The zero-order chi connectivity index (χ0) is 16.9. The maximum Gasteiger partial charge on any atom is 0.153 e. The van der Waals surface area contributed by atoms with Crippen LogP contribution in [-0.2, 0) is 6.61 Å². The predicted molar refractivity (Wildman–Crippen MR) is 95.1 cm³/mol. The third kappa shape index (κ3) is 3.33. The van der Waals surface area contributed by atoms with Gasteiger partial charge >= 0.3 is 0 Å². The normalized spacial score (nSPS) is 10.3. The highest BCUT2D eigenvalue weighted by Crippen LogP contribution is 2.37. The molecule has 3 aromatic rings. The molecular formula is C20H15BO3. The number of hydrogen-bond acceptors (Lipinski definition) is 3. The summed E-state index contributed by atoms with van der Waals surface area (Å²) in [7, 11) is 5.68. The Kier molecular flexibility index (Phi) is 4.66. The molecule has 0 bridgehead atoms. The van der Waals surface area contributed by atoms with Gasteiger partial charge in [-0.3, -0.25) is 4.79 Å². The van der Waals surface area contributed by atoms with Crippen molar-refractivity contribution >= 4 is 19.6 Å². The molecule has 0 amide bonds. The van der Waals surface area contributed by atoms with Crippen molar-refractivity contribution in [1.82, 2.24) is 0 Å². The van der Waals surface area contributed by atoms with Crippen LogP contribution in [0.1, 0.15) is 15.9 Å². The Morgan fingerprint density at radius 1 is 0.917 bits per heavy atom. The summed E-state index contributed by atoms with van der Waals surface area (Å²) in [5.41, 5.74) is 3.24. The molecule has 0 aliphatic rings. The van der Waals surface area contributed by atoms with E-state index in [0.717, 1.165) is 11.1 Å². The van der Waals surface area contributed by atoms with E-state index in [1.165, 1.54) is 0 Å². The summed E-state index contributed by atoms with van der Waals surface area (Å²) in [6.45, 7) is 0.380. The van der Waals surface area contributed by atoms with Crippen molar-refractivity contribution in [1.29, 1.82) is 0 Å². The highest BCUT2D eigenvalue weighted by atomic mass is 16.5. The Morgan fingerprint density at radius 2 is 1.62 bits per heavy atom. The number of ether oxygens (including phenoxy) is 1. The van der Waals surface area contributed by atoms with E-state index in [0.29, 0.717) is 29.7 Å². The lowest BCUT2D eigenvalue weighted by molar-refractivity contribution is 0.112. The molecule has 4 heteroatoms. The van der Waals surface area contributed by atoms with E-state index in [9.17, 15) is 9.90 Å². The van der Waals surface area contributed by atoms with Crippen molar-refractivity contribution in [3.8, 4) is 22.6 Å². The minimum absolute atomic E-state index is 0.0453. The molecule has 0 aliphatic heterocycles. The van der Waals surface area contributed by atoms with E-state index in [1.807, 2.05) is 48.5 Å². The molecule has 0 spiro atoms. The van der Waals surface area contributed by atoms with Gasteiger partial charge < -0.3 is 9.84 Å². The quantitative estimate of drug-likeness (QED) is 0.581. The Bertz CT molecular complexity index is 857. The summed E-state index contributed by atoms with van der Waals surface area (Å²) in [5, 5.41) is 10.3. The maximum atomic E-state index is 11.0. The molecule has 116 valence electrons. The lowest BCUT2D eigenvalue weighted by atomic mass is 9.95. The zero-order valence-corrected chi connectivity index (χ0v) is 13.0. The topological polar surface area (TPSA) is 46.5 Å². The Hall–Kier alpha value is -3.01. The monoisotopic (exact) mass is 314 g/mol. The highest BCUT2D eigenvalue weighted by molar-refractivity contribution is 6.32. The molecule has 2 radical (unpaired) electrons. The smallest absolute Gasteiger partial charge is 0.153 e. The molecule has 0 atom stereocenters. The number of para-hydroxylation sites is 2. The van der Waals surface area contributed by atoms with Crippen LogP contribution in [-0.4, -0.2) is 19.2 Å². The maximum absolute atomic E-state index is 11.0. The van der Waals surface area contributed by atoms with Crippen molar-refractivity contribution in [2.24, 2.45) is 0 Å². The number of carbonyl (C=O) groups is 1. The fourth-order valence-corrected chi connectivity index (χ4v) is 2.46. The summed E-state index contributed by atoms with van der Waals surface area (Å²) in [6.07, 6.45) is 0.636. The molecule has 0 fully saturated rings. The van der Waals surface area contributed by atoms with Crippen LogP contribution in [0, 0.1) is 0 Å². The highest BCUT2D eigenvalue weighted by Gasteiger charge is 2.12. The van der Waals surface area contributed by atoms with Gasteiger partial charge in [0, 0.05) is 11.1 Å². The van der Waals surface area contributed by atoms with Crippen molar-refractivity contribution < 1.29 is 14.6 Å². The number of aromatic hydroxyl groups is 1. The SMILES string of the molecule is [B]c1ccc(COc2ccccc2-c2cccc(C=O)c2O)cc1. The van der Waals surface area contributed by atoms with Gasteiger partial charge in [-0.1, -0.05) is 60.1 Å². The van der Waals surface area contributed by atoms with Gasteiger partial charge in [-0.15, -0.1) is 0 Å². The number of aldehydes is 1. The van der Waals surface area contributed by atoms with Gasteiger partial charge in [0.05, 0.1) is 5.56 Å². The molecule has 0 heterocycles. The minimum atomic E-state index is -0.0453. The number of carbonyl (C=O) groups excluding carboxylic acids is 1. The van der Waals surface area contributed by atoms with E-state index < -0.39 is 0 Å². The Labute approximate surface area is 141 Å². The van der Waals surface area contributed by atoms with Crippen LogP contribution in [0.25, 0.3) is 11.1 Å². The van der Waals surface area contributed by atoms with Crippen LogP contribution in [0.5, 0.6) is 11.5 Å². The van der Waals surface area contributed by atoms with Crippen molar-refractivity contribution in [3.05, 3.63) is 77.9 Å². The summed E-state index contributed by atoms with van der Waals surface area (Å²) >= 11 is 0. The second-order valence-electron chi connectivity index (χ2n) is 5.39. The lowest BCUT2D eigenvalue weighted by Gasteiger charge is -2.13. The number of phenols is 1. The first kappa shape index (κ1) is 15.9. The minimum Gasteiger partial charge on any atom is -0.507 e. The van der Waals surface area contributed by atoms with Crippen LogP contribution >= 0.6 is 0 Å². The molecule has 0 saturated carbocycles. The fourth-order valence-electron chi connectivity index (χ4n) is 2.46. The van der Waals surface area contributed by atoms with E-state index in [4.69, 9.17) is 12.6 Å². The summed E-state index contributed by atoms with van der Waals surface area (Å²) in [5.74, 6) is 0.587. The number of rotatable bonds is 5. The van der Waals surface area contributed by atoms with E-state index in [1.54, 1.807) is 18.2 Å². The third-order valence-corrected chi connectivity index (χ3v) is 3.75. The first-order valence-electron chi connectivity index (χ1n) is 7.53. The van der Waals surface area contributed by atoms with Gasteiger partial charge in [-0.2, -0.15) is 0 Å². The summed E-state index contributed by atoms with van der Waals surface area (Å²) in [4.78, 5) is 11.0. The first-order valence-corrected chi connectivity index (χ1v) is 7.53. The van der Waals surface area contributed by atoms with Crippen LogP contribution < -0.4 is 10.2 Å². The van der Waals surface area contributed by atoms with Gasteiger partial charge in [-0.05, 0) is 17.7 Å². The lowest BCUT2D eigenvalue weighted by Crippen LogP contribution is -2.03. The van der Waals surface area contributed by atoms with Gasteiger partial charge in [0.25, 0.3) is 0 Å². The second kappa shape index (κ2) is 7.05. The van der Waals surface area contributed by atoms with Gasteiger partial charge in [0.15, 0.2) is 6.29 Å². The average molecular weight is 314 g/mol. The molecule has 0 unspecified atom stereocenters. The van der Waals surface area contributed by atoms with Crippen LogP contribution in [0.4, 0.5) is 0 Å². The molecule has 3 aromatic carbocycles. The largest absolute Gasteiger partial charge is 0.507 e. The predicted octanol–water partition coefficient (Wildman–Crippen LogP) is 3.24. The molecule has 0 saturated heterocycles. The van der Waals surface area contributed by atoms with Gasteiger partial charge in [-0.25, -0.2) is 0 Å². The third-order valence-electron chi connectivity index (χ3n) is 3.75. The zero-order valence-electron chi connectivity index (χ0n) is 13.0. The Balaban J connectivity index is 1.91. The number of hydrogen-bond donors (Lipinski definition) is 1. The van der Waals surface area contributed by atoms with E-state index >= 15 is 0 Å². The van der Waals surface area contributed by atoms with Crippen LogP contribution in [0.2, 0.25) is 0 Å². The molecule has 0 aromatic heterocycles. The van der Waals surface area contributed by atoms with Gasteiger partial charge in [0.1, 0.15) is 26.0 Å². The molecule has 1 N–H and O–H groups in total. The molecule has 3 rings (SSSR count). The first-order chi connectivity index (χ1) is 11.7. The van der Waals surface area contributed by atoms with Crippen molar-refractivity contribution in [3.63, 3.8) is 0 Å². The number of phenolic OH excluding ortho intramolecular Hbond substituents is 1. The standard InChI is InChI=1S/C20H15BO3/c21-16-10-8-14(9-11-16)13-24-19-7-2-1-5-17(19)18-6-3-4-15(12-22)20(18)23/h1-12,23H,13H2. The number of benzene rings is 3. The summed E-state index contributed by atoms with van der Waals surface area (Å²) < 4.78 is 5.91. The van der Waals surface area contributed by atoms with Crippen LogP contribution in [0.15, 0.2) is 66.7 Å². The summed E-state index contributed by atoms with van der Waals surface area (Å²) in [6, 6.07) is 19.9. The van der Waals surface area contributed by atoms with E-state index in [-0.39, 0.29) is 11.3 Å². The average Bonchev–Trinajstić information content (AvgIpc) is 2.62. The van der Waals surface area contributed by atoms with E-state index in [2.05, 4.69) is 0 Å². The second-order valence-corrected chi connectivity index (χ2v) is 5.39. The van der Waals surface area contributed by atoms with Crippen molar-refractivity contribution in [2.45, 2.75) is 6.61 Å². The Morgan fingerprint density at radius 3 is 2.38 bits per heavy atom. The van der Waals surface area contributed by atoms with Gasteiger partial charge in [0.2, 0.25) is 0 Å². The van der Waals surface area contributed by atoms with Crippen LogP contribution in [0.3, 0.4) is 0 Å². The fraction of sp³-hybridized carbons (Fsp3) is 0.0500. The molecule has 24 heavy (non-hydrogen) atoms. The van der Waals surface area contributed by atoms with Crippen molar-refractivity contribution in [2.75, 3.05) is 0 Å². The molecule has 3 nitrogen and oxygen atoms in total. The molecular weight excluding hydrogens is 299 g/mol.